The maximum absolute atomic E-state index is 11.1. The first-order valence-electron chi connectivity index (χ1n) is 5.55. The Balaban J connectivity index is 3.33. The van der Waals surface area contributed by atoms with Crippen LogP contribution in [0.2, 0.25) is 5.02 Å². The molecule has 1 N–H and O–H groups in total. The number of anilines is 1. The van der Waals surface area contributed by atoms with Crippen LogP contribution in [0.25, 0.3) is 0 Å². The lowest BCUT2D eigenvalue weighted by Gasteiger charge is -2.36. The van der Waals surface area contributed by atoms with Crippen LogP contribution in [0.3, 0.4) is 0 Å². The minimum absolute atomic E-state index is 0.0555. The number of halogens is 1. The standard InChI is InChI=1S/C13H17ClN2O2/c1-5-8-16(13(2,3)4)11-10(14)9(12(17)18)6-7-15-11/h5-7H,1,8H2,2-4H3,(H,17,18). The molecule has 0 saturated carbocycles. The second-order valence-electron chi connectivity index (χ2n) is 4.87. The lowest BCUT2D eigenvalue weighted by Crippen LogP contribution is -2.42. The van der Waals surface area contributed by atoms with E-state index in [1.807, 2.05) is 25.7 Å². The third-order valence-electron chi connectivity index (χ3n) is 2.48. The first-order chi connectivity index (χ1) is 8.29. The van der Waals surface area contributed by atoms with Gasteiger partial charge in [0.25, 0.3) is 0 Å². The van der Waals surface area contributed by atoms with E-state index in [9.17, 15) is 4.79 Å². The SMILES string of the molecule is C=CCN(c1nccc(C(=O)O)c1Cl)C(C)(C)C. The molecule has 0 bridgehead atoms. The topological polar surface area (TPSA) is 53.4 Å². The highest BCUT2D eigenvalue weighted by atomic mass is 35.5. The number of nitrogens with zero attached hydrogens (tertiary/aromatic N) is 2. The first kappa shape index (κ1) is 14.5. The van der Waals surface area contributed by atoms with Crippen molar-refractivity contribution in [1.29, 1.82) is 0 Å². The van der Waals surface area contributed by atoms with Crippen molar-refractivity contribution in [3.8, 4) is 0 Å². The fourth-order valence-corrected chi connectivity index (χ4v) is 1.89. The number of carboxylic acids is 1. The van der Waals surface area contributed by atoms with Crippen molar-refractivity contribution in [2.75, 3.05) is 11.4 Å². The third kappa shape index (κ3) is 3.01. The van der Waals surface area contributed by atoms with Crippen molar-refractivity contribution in [1.82, 2.24) is 4.98 Å². The van der Waals surface area contributed by atoms with E-state index in [1.165, 1.54) is 12.3 Å². The van der Waals surface area contributed by atoms with Crippen molar-refractivity contribution < 1.29 is 9.90 Å². The van der Waals surface area contributed by atoms with E-state index in [2.05, 4.69) is 11.6 Å². The van der Waals surface area contributed by atoms with Crippen LogP contribution < -0.4 is 4.90 Å². The van der Waals surface area contributed by atoms with Crippen molar-refractivity contribution in [3.05, 3.63) is 35.5 Å². The smallest absolute Gasteiger partial charge is 0.337 e. The molecule has 0 aliphatic carbocycles. The van der Waals surface area contributed by atoms with Gasteiger partial charge in [-0.25, -0.2) is 9.78 Å². The van der Waals surface area contributed by atoms with Gasteiger partial charge in [0, 0.05) is 18.3 Å². The van der Waals surface area contributed by atoms with Crippen LogP contribution in [0, 0.1) is 0 Å². The molecule has 0 amide bonds. The van der Waals surface area contributed by atoms with E-state index in [4.69, 9.17) is 16.7 Å². The molecule has 0 aliphatic heterocycles. The number of pyridine rings is 1. The van der Waals surface area contributed by atoms with Crippen LogP contribution in [0.4, 0.5) is 5.82 Å². The predicted molar refractivity (Wildman–Crippen MR) is 73.5 cm³/mol. The second-order valence-corrected chi connectivity index (χ2v) is 5.25. The third-order valence-corrected chi connectivity index (χ3v) is 2.85. The monoisotopic (exact) mass is 268 g/mol. The summed E-state index contributed by atoms with van der Waals surface area (Å²) in [6, 6.07) is 1.39. The van der Waals surface area contributed by atoms with Crippen LogP contribution in [-0.4, -0.2) is 28.1 Å². The van der Waals surface area contributed by atoms with Crippen molar-refractivity contribution in [3.63, 3.8) is 0 Å². The fraction of sp³-hybridized carbons (Fsp3) is 0.385. The summed E-state index contributed by atoms with van der Waals surface area (Å²) in [5, 5.41) is 9.21. The molecule has 98 valence electrons. The van der Waals surface area contributed by atoms with E-state index in [0.29, 0.717) is 12.4 Å². The maximum Gasteiger partial charge on any atom is 0.337 e. The van der Waals surface area contributed by atoms with Gasteiger partial charge in [-0.15, -0.1) is 6.58 Å². The van der Waals surface area contributed by atoms with Gasteiger partial charge in [0.1, 0.15) is 5.82 Å². The number of hydrogen-bond donors (Lipinski definition) is 1. The Morgan fingerprint density at radius 2 is 2.22 bits per heavy atom. The summed E-state index contributed by atoms with van der Waals surface area (Å²) in [6.07, 6.45) is 3.18. The Morgan fingerprint density at radius 1 is 1.61 bits per heavy atom. The van der Waals surface area contributed by atoms with Gasteiger partial charge >= 0.3 is 5.97 Å². The Bertz CT molecular complexity index is 467. The average molecular weight is 269 g/mol. The van der Waals surface area contributed by atoms with E-state index in [-0.39, 0.29) is 16.1 Å². The molecule has 0 atom stereocenters. The first-order valence-corrected chi connectivity index (χ1v) is 5.93. The maximum atomic E-state index is 11.1. The number of hydrogen-bond acceptors (Lipinski definition) is 3. The molecule has 0 spiro atoms. The largest absolute Gasteiger partial charge is 0.478 e. The van der Waals surface area contributed by atoms with E-state index >= 15 is 0 Å². The summed E-state index contributed by atoms with van der Waals surface area (Å²) in [6.45, 7) is 10.2. The quantitative estimate of drug-likeness (QED) is 0.852. The molecular formula is C13H17ClN2O2. The number of aromatic carboxylic acids is 1. The molecule has 0 saturated heterocycles. The van der Waals surface area contributed by atoms with E-state index in [1.54, 1.807) is 6.08 Å². The highest BCUT2D eigenvalue weighted by molar-refractivity contribution is 6.35. The molecule has 5 heteroatoms. The van der Waals surface area contributed by atoms with Gasteiger partial charge < -0.3 is 10.0 Å². The van der Waals surface area contributed by atoms with Crippen LogP contribution in [0.15, 0.2) is 24.9 Å². The molecule has 1 aromatic rings. The number of aromatic nitrogens is 1. The highest BCUT2D eigenvalue weighted by Crippen LogP contribution is 2.31. The van der Waals surface area contributed by atoms with Gasteiger partial charge in [-0.05, 0) is 26.8 Å². The lowest BCUT2D eigenvalue weighted by atomic mass is 10.1. The minimum Gasteiger partial charge on any atom is -0.478 e. The molecule has 0 unspecified atom stereocenters. The van der Waals surface area contributed by atoms with Crippen LogP contribution >= 0.6 is 11.6 Å². The fourth-order valence-electron chi connectivity index (χ4n) is 1.59. The molecule has 1 aromatic heterocycles. The van der Waals surface area contributed by atoms with Gasteiger partial charge in [-0.3, -0.25) is 0 Å². The number of rotatable bonds is 4. The second kappa shape index (κ2) is 5.40. The molecule has 1 rings (SSSR count). The Hall–Kier alpha value is -1.55. The molecular weight excluding hydrogens is 252 g/mol. The van der Waals surface area contributed by atoms with E-state index < -0.39 is 5.97 Å². The van der Waals surface area contributed by atoms with E-state index in [0.717, 1.165) is 0 Å². The summed E-state index contributed by atoms with van der Waals surface area (Å²) >= 11 is 6.12. The molecule has 0 aromatic carbocycles. The molecule has 4 nitrogen and oxygen atoms in total. The van der Waals surface area contributed by atoms with Crippen molar-refractivity contribution in [2.24, 2.45) is 0 Å². The molecule has 1 heterocycles. The van der Waals surface area contributed by atoms with Gasteiger partial charge in [0.2, 0.25) is 0 Å². The Morgan fingerprint density at radius 3 is 2.67 bits per heavy atom. The van der Waals surface area contributed by atoms with Gasteiger partial charge in [-0.2, -0.15) is 0 Å². The summed E-state index contributed by atoms with van der Waals surface area (Å²) in [4.78, 5) is 17.2. The minimum atomic E-state index is -1.06. The summed E-state index contributed by atoms with van der Waals surface area (Å²) in [7, 11) is 0. The van der Waals surface area contributed by atoms with Gasteiger partial charge in [0.15, 0.2) is 0 Å². The zero-order chi connectivity index (χ0) is 13.9. The van der Waals surface area contributed by atoms with Crippen LogP contribution in [-0.2, 0) is 0 Å². The Labute approximate surface area is 112 Å². The zero-order valence-electron chi connectivity index (χ0n) is 10.8. The number of carbonyl (C=O) groups is 1. The highest BCUT2D eigenvalue weighted by Gasteiger charge is 2.25. The van der Waals surface area contributed by atoms with Crippen molar-refractivity contribution in [2.45, 2.75) is 26.3 Å². The molecule has 0 radical (unpaired) electrons. The summed E-state index contributed by atoms with van der Waals surface area (Å²) in [5.41, 5.74) is -0.179. The van der Waals surface area contributed by atoms with Crippen molar-refractivity contribution >= 4 is 23.4 Å². The van der Waals surface area contributed by atoms with Gasteiger partial charge in [-0.1, -0.05) is 17.7 Å². The molecule has 0 aliphatic rings. The summed E-state index contributed by atoms with van der Waals surface area (Å²) in [5.74, 6) is -0.597. The summed E-state index contributed by atoms with van der Waals surface area (Å²) < 4.78 is 0. The van der Waals surface area contributed by atoms with Gasteiger partial charge in [0.05, 0.1) is 10.6 Å². The Kier molecular flexibility index (Phi) is 4.35. The predicted octanol–water partition coefficient (Wildman–Crippen LogP) is 3.22. The van der Waals surface area contributed by atoms with Crippen LogP contribution in [0.1, 0.15) is 31.1 Å². The zero-order valence-corrected chi connectivity index (χ0v) is 11.5. The average Bonchev–Trinajstić information content (AvgIpc) is 2.25. The lowest BCUT2D eigenvalue weighted by molar-refractivity contribution is 0.0697. The molecule has 0 fully saturated rings. The number of carboxylic acid groups (broad SMARTS) is 1. The normalized spacial score (nSPS) is 11.1. The van der Waals surface area contributed by atoms with Crippen LogP contribution in [0.5, 0.6) is 0 Å². The molecule has 18 heavy (non-hydrogen) atoms.